The molecule has 0 spiro atoms. The summed E-state index contributed by atoms with van der Waals surface area (Å²) in [4.78, 5) is 20.9. The number of para-hydroxylation sites is 1. The molecule has 3 aromatic rings. The highest BCUT2D eigenvalue weighted by Crippen LogP contribution is 2.26. The first kappa shape index (κ1) is 17.5. The monoisotopic (exact) mass is 365 g/mol. The number of nitrogens with zero attached hydrogens (tertiary/aromatic N) is 4. The van der Waals surface area contributed by atoms with Gasteiger partial charge in [-0.3, -0.25) is 4.79 Å². The van der Waals surface area contributed by atoms with Gasteiger partial charge in [-0.05, 0) is 50.3 Å². The highest BCUT2D eigenvalue weighted by atomic mass is 16.5. The van der Waals surface area contributed by atoms with E-state index in [9.17, 15) is 4.79 Å². The van der Waals surface area contributed by atoms with Gasteiger partial charge in [-0.15, -0.1) is 0 Å². The van der Waals surface area contributed by atoms with Crippen LogP contribution in [0.5, 0.6) is 5.75 Å². The van der Waals surface area contributed by atoms with Crippen molar-refractivity contribution in [2.75, 3.05) is 6.54 Å². The van der Waals surface area contributed by atoms with Crippen LogP contribution in [0.4, 0.5) is 0 Å². The zero-order valence-corrected chi connectivity index (χ0v) is 15.6. The van der Waals surface area contributed by atoms with E-state index >= 15 is 0 Å². The van der Waals surface area contributed by atoms with Gasteiger partial charge in [0, 0.05) is 17.8 Å². The fourth-order valence-electron chi connectivity index (χ4n) is 3.60. The molecule has 0 bridgehead atoms. The molecule has 1 N–H and O–H groups in total. The number of hydrogen-bond acceptors (Lipinski definition) is 5. The molecule has 3 heterocycles. The van der Waals surface area contributed by atoms with Crippen LogP contribution in [0.15, 0.2) is 30.6 Å². The van der Waals surface area contributed by atoms with Gasteiger partial charge in [-0.1, -0.05) is 18.2 Å². The summed E-state index contributed by atoms with van der Waals surface area (Å²) in [5.41, 5.74) is 4.16. The summed E-state index contributed by atoms with van der Waals surface area (Å²) in [5.74, 6) is 1.55. The Balaban J connectivity index is 1.32. The third-order valence-corrected chi connectivity index (χ3v) is 5.12. The van der Waals surface area contributed by atoms with E-state index in [1.54, 1.807) is 4.52 Å². The van der Waals surface area contributed by atoms with Crippen molar-refractivity contribution in [3.05, 3.63) is 53.1 Å². The summed E-state index contributed by atoms with van der Waals surface area (Å²) in [5, 5.41) is 7.19. The third kappa shape index (κ3) is 3.63. The second-order valence-electron chi connectivity index (χ2n) is 6.92. The van der Waals surface area contributed by atoms with Crippen LogP contribution in [-0.4, -0.2) is 38.1 Å². The van der Waals surface area contributed by atoms with E-state index in [-0.39, 0.29) is 12.0 Å². The van der Waals surface area contributed by atoms with Crippen LogP contribution in [0, 0.1) is 13.8 Å². The second-order valence-corrected chi connectivity index (χ2v) is 6.92. The van der Waals surface area contributed by atoms with Crippen molar-refractivity contribution >= 4 is 11.7 Å². The molecule has 0 fully saturated rings. The topological polar surface area (TPSA) is 81.4 Å². The van der Waals surface area contributed by atoms with Crippen LogP contribution in [0.25, 0.3) is 5.78 Å². The zero-order chi connectivity index (χ0) is 18.8. The highest BCUT2D eigenvalue weighted by molar-refractivity contribution is 5.76. The lowest BCUT2D eigenvalue weighted by molar-refractivity contribution is -0.121. The summed E-state index contributed by atoms with van der Waals surface area (Å²) in [6, 6.07) is 8.08. The van der Waals surface area contributed by atoms with Crippen LogP contribution < -0.4 is 10.1 Å². The minimum absolute atomic E-state index is 0.0231. The first-order valence-corrected chi connectivity index (χ1v) is 9.29. The molecule has 140 valence electrons. The largest absolute Gasteiger partial charge is 0.488 e. The van der Waals surface area contributed by atoms with E-state index in [0.717, 1.165) is 35.5 Å². The van der Waals surface area contributed by atoms with E-state index in [2.05, 4.69) is 26.4 Å². The Morgan fingerprint density at radius 3 is 3.07 bits per heavy atom. The van der Waals surface area contributed by atoms with Crippen molar-refractivity contribution in [3.8, 4) is 5.75 Å². The van der Waals surface area contributed by atoms with Gasteiger partial charge >= 0.3 is 0 Å². The normalized spacial score (nSPS) is 16.0. The number of rotatable bonds is 5. The summed E-state index contributed by atoms with van der Waals surface area (Å²) < 4.78 is 7.70. The lowest BCUT2D eigenvalue weighted by Gasteiger charge is -2.26. The van der Waals surface area contributed by atoms with Crippen LogP contribution in [-0.2, 0) is 17.6 Å². The SMILES string of the molecule is Cc1nc2ncnn2c(C)c1CCC(=O)NC[C@H]1CCc2ccccc2O1. The standard InChI is InChI=1S/C20H23N5O2/c1-13-17(14(2)25-20(24-13)22-12-23-25)9-10-19(26)21-11-16-8-7-15-5-3-4-6-18(15)27-16/h3-6,12,16H,7-11H2,1-2H3,(H,21,26)/t16-/m1/s1. The van der Waals surface area contributed by atoms with Gasteiger partial charge in [0.25, 0.3) is 5.78 Å². The summed E-state index contributed by atoms with van der Waals surface area (Å²) in [6.45, 7) is 4.46. The van der Waals surface area contributed by atoms with Crippen molar-refractivity contribution in [2.45, 2.75) is 45.6 Å². The van der Waals surface area contributed by atoms with Gasteiger partial charge in [-0.25, -0.2) is 9.50 Å². The van der Waals surface area contributed by atoms with E-state index in [1.807, 2.05) is 32.0 Å². The number of aromatic nitrogens is 4. The van der Waals surface area contributed by atoms with Gasteiger partial charge < -0.3 is 10.1 Å². The Labute approximate surface area is 157 Å². The number of nitrogens with one attached hydrogen (secondary N) is 1. The predicted octanol–water partition coefficient (Wildman–Crippen LogP) is 2.18. The Morgan fingerprint density at radius 1 is 1.33 bits per heavy atom. The molecule has 1 amide bonds. The predicted molar refractivity (Wildman–Crippen MR) is 101 cm³/mol. The van der Waals surface area contributed by atoms with E-state index in [4.69, 9.17) is 4.74 Å². The lowest BCUT2D eigenvalue weighted by Crippen LogP contribution is -2.37. The smallest absolute Gasteiger partial charge is 0.252 e. The fraction of sp³-hybridized carbons (Fsp3) is 0.400. The van der Waals surface area contributed by atoms with E-state index in [0.29, 0.717) is 25.2 Å². The van der Waals surface area contributed by atoms with Crippen molar-refractivity contribution < 1.29 is 9.53 Å². The average Bonchev–Trinajstić information content (AvgIpc) is 3.14. The zero-order valence-electron chi connectivity index (χ0n) is 15.6. The maximum Gasteiger partial charge on any atom is 0.252 e. The van der Waals surface area contributed by atoms with Crippen molar-refractivity contribution in [1.29, 1.82) is 0 Å². The van der Waals surface area contributed by atoms with Crippen molar-refractivity contribution in [1.82, 2.24) is 24.9 Å². The van der Waals surface area contributed by atoms with Crippen LogP contribution in [0.3, 0.4) is 0 Å². The molecule has 1 aromatic carbocycles. The summed E-state index contributed by atoms with van der Waals surface area (Å²) in [7, 11) is 0. The minimum atomic E-state index is 0.0231. The molecule has 0 radical (unpaired) electrons. The number of ether oxygens (including phenoxy) is 1. The lowest BCUT2D eigenvalue weighted by atomic mass is 10.0. The molecule has 0 unspecified atom stereocenters. The number of benzene rings is 1. The second kappa shape index (κ2) is 7.34. The maximum absolute atomic E-state index is 12.3. The number of fused-ring (bicyclic) bond motifs is 2. The molecule has 7 nitrogen and oxygen atoms in total. The van der Waals surface area contributed by atoms with Crippen molar-refractivity contribution in [2.24, 2.45) is 0 Å². The Bertz CT molecular complexity index is 982. The molecule has 1 aliphatic rings. The molecule has 1 atom stereocenters. The number of carbonyl (C=O) groups is 1. The van der Waals surface area contributed by atoms with Gasteiger partial charge in [0.1, 0.15) is 18.2 Å². The maximum atomic E-state index is 12.3. The molecule has 4 rings (SSSR count). The molecule has 7 heteroatoms. The molecular formula is C20H23N5O2. The third-order valence-electron chi connectivity index (χ3n) is 5.12. The van der Waals surface area contributed by atoms with Gasteiger partial charge in [0.15, 0.2) is 0 Å². The first-order valence-electron chi connectivity index (χ1n) is 9.29. The number of amides is 1. The Morgan fingerprint density at radius 2 is 2.19 bits per heavy atom. The number of hydrogen-bond donors (Lipinski definition) is 1. The van der Waals surface area contributed by atoms with Crippen LogP contribution in [0.1, 0.15) is 35.4 Å². The van der Waals surface area contributed by atoms with Crippen LogP contribution in [0.2, 0.25) is 0 Å². The van der Waals surface area contributed by atoms with E-state index in [1.165, 1.54) is 11.9 Å². The fourth-order valence-corrected chi connectivity index (χ4v) is 3.60. The Kier molecular flexibility index (Phi) is 4.75. The summed E-state index contributed by atoms with van der Waals surface area (Å²) in [6.07, 6.45) is 4.46. The molecule has 0 saturated heterocycles. The number of aryl methyl sites for hydroxylation is 3. The molecule has 1 aliphatic heterocycles. The highest BCUT2D eigenvalue weighted by Gasteiger charge is 2.20. The van der Waals surface area contributed by atoms with E-state index < -0.39 is 0 Å². The molecule has 2 aromatic heterocycles. The first-order chi connectivity index (χ1) is 13.1. The average molecular weight is 365 g/mol. The molecule has 0 saturated carbocycles. The Hall–Kier alpha value is -2.96. The van der Waals surface area contributed by atoms with Gasteiger partial charge in [0.05, 0.1) is 6.54 Å². The molecule has 0 aliphatic carbocycles. The molecule has 27 heavy (non-hydrogen) atoms. The van der Waals surface area contributed by atoms with Crippen LogP contribution >= 0.6 is 0 Å². The van der Waals surface area contributed by atoms with Gasteiger partial charge in [-0.2, -0.15) is 10.1 Å². The quantitative estimate of drug-likeness (QED) is 0.749. The number of carbonyl (C=O) groups excluding carboxylic acids is 1. The molecular weight excluding hydrogens is 342 g/mol. The van der Waals surface area contributed by atoms with Gasteiger partial charge in [0.2, 0.25) is 5.91 Å². The summed E-state index contributed by atoms with van der Waals surface area (Å²) >= 11 is 0. The minimum Gasteiger partial charge on any atom is -0.488 e. The van der Waals surface area contributed by atoms with Crippen molar-refractivity contribution in [3.63, 3.8) is 0 Å².